The molecule has 0 heterocycles. The van der Waals surface area contributed by atoms with Crippen LogP contribution in [0.2, 0.25) is 0 Å². The molecular weight excluding hydrogens is 332 g/mol. The topological polar surface area (TPSA) is 92.9 Å². The molecule has 0 amide bonds. The molecule has 26 heavy (non-hydrogen) atoms. The Kier molecular flexibility index (Phi) is 6.89. The first-order chi connectivity index (χ1) is 12.6. The Morgan fingerprint density at radius 1 is 1.08 bits per heavy atom. The molecule has 2 aromatic carbocycles. The van der Waals surface area contributed by atoms with Gasteiger partial charge in [0.05, 0.1) is 13.3 Å². The third-order valence-corrected chi connectivity index (χ3v) is 4.02. The highest BCUT2D eigenvalue weighted by Gasteiger charge is 2.52. The van der Waals surface area contributed by atoms with E-state index in [9.17, 15) is 14.7 Å². The van der Waals surface area contributed by atoms with Crippen LogP contribution in [0.1, 0.15) is 18.9 Å². The fraction of sp³-hybridized carbons (Fsp3) is 0.300. The van der Waals surface area contributed by atoms with Gasteiger partial charge in [0, 0.05) is 12.1 Å². The zero-order valence-electron chi connectivity index (χ0n) is 14.8. The maximum Gasteiger partial charge on any atom is 0.365 e. The molecule has 6 nitrogen and oxygen atoms in total. The fourth-order valence-corrected chi connectivity index (χ4v) is 2.78. The van der Waals surface area contributed by atoms with Crippen LogP contribution in [0.5, 0.6) is 0 Å². The lowest BCUT2D eigenvalue weighted by atomic mass is 9.98. The summed E-state index contributed by atoms with van der Waals surface area (Å²) in [5, 5.41) is 10.0. The van der Waals surface area contributed by atoms with Gasteiger partial charge in [-0.2, -0.15) is 0 Å². The first-order valence-corrected chi connectivity index (χ1v) is 8.53. The monoisotopic (exact) mass is 356 g/mol. The zero-order chi connectivity index (χ0) is 19.0. The second-order valence-electron chi connectivity index (χ2n) is 5.83. The summed E-state index contributed by atoms with van der Waals surface area (Å²) in [5.41, 5.74) is 4.91. The van der Waals surface area contributed by atoms with E-state index in [-0.39, 0.29) is 19.7 Å². The maximum atomic E-state index is 13.2. The predicted molar refractivity (Wildman–Crippen MR) is 99.7 cm³/mol. The highest BCUT2D eigenvalue weighted by atomic mass is 16.5. The maximum absolute atomic E-state index is 13.2. The number of carboxylic acid groups (broad SMARTS) is 1. The Labute approximate surface area is 153 Å². The van der Waals surface area contributed by atoms with Gasteiger partial charge in [0.2, 0.25) is 5.78 Å². The molecule has 0 fully saturated rings. The number of carbonyl (C=O) groups excluding carboxylic acids is 1. The molecule has 0 radical (unpaired) electrons. The van der Waals surface area contributed by atoms with E-state index in [0.29, 0.717) is 17.7 Å². The molecule has 2 rings (SSSR count). The number of ketones is 1. The number of hydrogen-bond donors (Lipinski definition) is 2. The van der Waals surface area contributed by atoms with Gasteiger partial charge < -0.3 is 20.5 Å². The SMILES string of the molecule is CCCOC(C(=O)O)(C(=O)Cc1ccccc1)N(CN)c1ccccc1. The summed E-state index contributed by atoms with van der Waals surface area (Å²) in [4.78, 5) is 26.7. The van der Waals surface area contributed by atoms with Crippen LogP contribution in [-0.2, 0) is 20.7 Å². The average molecular weight is 356 g/mol. The highest BCUT2D eigenvalue weighted by molar-refractivity contribution is 6.10. The summed E-state index contributed by atoms with van der Waals surface area (Å²) >= 11 is 0. The van der Waals surface area contributed by atoms with Gasteiger partial charge in [-0.3, -0.25) is 4.79 Å². The molecule has 0 aliphatic rings. The Morgan fingerprint density at radius 2 is 1.65 bits per heavy atom. The third kappa shape index (κ3) is 4.09. The molecule has 0 aliphatic carbocycles. The smallest absolute Gasteiger partial charge is 0.365 e. The van der Waals surface area contributed by atoms with Crippen molar-refractivity contribution in [3.8, 4) is 0 Å². The van der Waals surface area contributed by atoms with Crippen molar-refractivity contribution >= 4 is 17.4 Å². The Morgan fingerprint density at radius 3 is 2.15 bits per heavy atom. The van der Waals surface area contributed by atoms with E-state index >= 15 is 0 Å². The zero-order valence-corrected chi connectivity index (χ0v) is 14.8. The lowest BCUT2D eigenvalue weighted by Gasteiger charge is -2.39. The molecule has 1 unspecified atom stereocenters. The van der Waals surface area contributed by atoms with Crippen molar-refractivity contribution in [3.05, 3.63) is 66.2 Å². The number of para-hydroxylation sites is 1. The molecule has 1 atom stereocenters. The summed E-state index contributed by atoms with van der Waals surface area (Å²) < 4.78 is 5.68. The van der Waals surface area contributed by atoms with Gasteiger partial charge in [-0.15, -0.1) is 0 Å². The van der Waals surface area contributed by atoms with E-state index in [1.54, 1.807) is 54.6 Å². The minimum atomic E-state index is -2.18. The summed E-state index contributed by atoms with van der Waals surface area (Å²) in [6.07, 6.45) is 0.501. The molecule has 0 saturated heterocycles. The Hall–Kier alpha value is -2.70. The van der Waals surface area contributed by atoms with Gasteiger partial charge in [0.1, 0.15) is 0 Å². The second-order valence-corrected chi connectivity index (χ2v) is 5.83. The van der Waals surface area contributed by atoms with Crippen LogP contribution >= 0.6 is 0 Å². The van der Waals surface area contributed by atoms with Crippen LogP contribution in [0.3, 0.4) is 0 Å². The molecule has 6 heteroatoms. The number of carboxylic acids is 1. The average Bonchev–Trinajstić information content (AvgIpc) is 2.66. The Bertz CT molecular complexity index is 721. The standard InChI is InChI=1S/C20H24N2O4/c1-2-13-26-20(19(24)25,18(23)14-16-9-5-3-6-10-16)22(15-21)17-11-7-4-8-12-17/h3-12H,2,13-15,21H2,1H3,(H,24,25). The highest BCUT2D eigenvalue weighted by Crippen LogP contribution is 2.28. The number of anilines is 1. The minimum Gasteiger partial charge on any atom is -0.477 e. The van der Waals surface area contributed by atoms with Crippen molar-refractivity contribution in [2.24, 2.45) is 5.73 Å². The van der Waals surface area contributed by atoms with Gasteiger partial charge in [-0.25, -0.2) is 4.79 Å². The van der Waals surface area contributed by atoms with Crippen LogP contribution in [0.15, 0.2) is 60.7 Å². The number of hydrogen-bond acceptors (Lipinski definition) is 5. The van der Waals surface area contributed by atoms with Crippen LogP contribution in [-0.4, -0.2) is 35.9 Å². The number of benzene rings is 2. The summed E-state index contributed by atoms with van der Waals surface area (Å²) in [5.74, 6) is -1.94. The van der Waals surface area contributed by atoms with Crippen molar-refractivity contribution in [1.82, 2.24) is 0 Å². The van der Waals surface area contributed by atoms with Gasteiger partial charge in [-0.1, -0.05) is 55.5 Å². The van der Waals surface area contributed by atoms with Crippen LogP contribution < -0.4 is 10.6 Å². The van der Waals surface area contributed by atoms with E-state index in [4.69, 9.17) is 10.5 Å². The molecule has 138 valence electrons. The van der Waals surface area contributed by atoms with E-state index in [0.717, 1.165) is 0 Å². The van der Waals surface area contributed by atoms with E-state index in [1.807, 2.05) is 13.0 Å². The number of carbonyl (C=O) groups is 2. The van der Waals surface area contributed by atoms with Crippen molar-refractivity contribution < 1.29 is 19.4 Å². The molecular formula is C20H24N2O4. The lowest BCUT2D eigenvalue weighted by Crippen LogP contribution is -2.64. The number of rotatable bonds is 10. The lowest BCUT2D eigenvalue weighted by molar-refractivity contribution is -0.172. The quantitative estimate of drug-likeness (QED) is 0.502. The van der Waals surface area contributed by atoms with Gasteiger partial charge in [-0.05, 0) is 24.1 Å². The first kappa shape index (κ1) is 19.6. The first-order valence-electron chi connectivity index (χ1n) is 8.53. The molecule has 0 aromatic heterocycles. The van der Waals surface area contributed by atoms with Crippen LogP contribution in [0, 0.1) is 0 Å². The molecule has 0 bridgehead atoms. The van der Waals surface area contributed by atoms with Crippen molar-refractivity contribution in [2.75, 3.05) is 18.2 Å². The molecule has 0 spiro atoms. The number of ether oxygens (including phenoxy) is 1. The molecule has 0 aliphatic heterocycles. The largest absolute Gasteiger partial charge is 0.477 e. The third-order valence-electron chi connectivity index (χ3n) is 4.02. The molecule has 3 N–H and O–H groups in total. The summed E-state index contributed by atoms with van der Waals surface area (Å²) in [7, 11) is 0. The number of aliphatic carboxylic acids is 1. The molecule has 2 aromatic rings. The number of nitrogens with zero attached hydrogens (tertiary/aromatic N) is 1. The van der Waals surface area contributed by atoms with E-state index in [2.05, 4.69) is 0 Å². The van der Waals surface area contributed by atoms with Gasteiger partial charge in [0.25, 0.3) is 0 Å². The second kappa shape index (κ2) is 9.12. The minimum absolute atomic E-state index is 0.0693. The predicted octanol–water partition coefficient (Wildman–Crippen LogP) is 2.43. The van der Waals surface area contributed by atoms with Gasteiger partial charge >= 0.3 is 11.7 Å². The molecule has 0 saturated carbocycles. The van der Waals surface area contributed by atoms with Gasteiger partial charge in [0.15, 0.2) is 0 Å². The van der Waals surface area contributed by atoms with Crippen molar-refractivity contribution in [2.45, 2.75) is 25.5 Å². The van der Waals surface area contributed by atoms with E-state index < -0.39 is 17.5 Å². The van der Waals surface area contributed by atoms with Crippen molar-refractivity contribution in [3.63, 3.8) is 0 Å². The normalized spacial score (nSPS) is 13.0. The fourth-order valence-electron chi connectivity index (χ4n) is 2.78. The van der Waals surface area contributed by atoms with Crippen LogP contribution in [0.4, 0.5) is 5.69 Å². The van der Waals surface area contributed by atoms with Crippen LogP contribution in [0.25, 0.3) is 0 Å². The number of Topliss-reactive ketones (excluding diaryl/α,β-unsaturated/α-hetero) is 1. The Balaban J connectivity index is 2.49. The van der Waals surface area contributed by atoms with Crippen molar-refractivity contribution in [1.29, 1.82) is 0 Å². The summed E-state index contributed by atoms with van der Waals surface area (Å²) in [6.45, 7) is 1.79. The van der Waals surface area contributed by atoms with E-state index in [1.165, 1.54) is 4.90 Å². The number of nitrogens with two attached hydrogens (primary N) is 1. The summed E-state index contributed by atoms with van der Waals surface area (Å²) in [6, 6.07) is 17.7.